The smallest absolute Gasteiger partial charge is 0.424 e. The quantitative estimate of drug-likeness (QED) is 0.788. The van der Waals surface area contributed by atoms with Crippen LogP contribution in [0.4, 0.5) is 4.79 Å². The standard InChI is InChI=1S/C11H23N3O4S/c1-11(2,3)18-10(15)14(4)19(16,17)13-9-5-7-12-8-6-9/h9,12-13H,5-8H2,1-4H3. The molecule has 0 radical (unpaired) electrons. The van der Waals surface area contributed by atoms with Gasteiger partial charge in [-0.25, -0.2) is 4.79 Å². The van der Waals surface area contributed by atoms with E-state index in [4.69, 9.17) is 4.74 Å². The normalized spacial score (nSPS) is 18.1. The van der Waals surface area contributed by atoms with Gasteiger partial charge in [-0.1, -0.05) is 0 Å². The van der Waals surface area contributed by atoms with E-state index in [0.717, 1.165) is 13.1 Å². The molecule has 1 heterocycles. The summed E-state index contributed by atoms with van der Waals surface area (Å²) in [5.41, 5.74) is -0.727. The maximum absolute atomic E-state index is 12.0. The zero-order valence-corrected chi connectivity index (χ0v) is 12.7. The van der Waals surface area contributed by atoms with E-state index in [-0.39, 0.29) is 6.04 Å². The Labute approximate surface area is 114 Å². The van der Waals surface area contributed by atoms with Crippen molar-refractivity contribution >= 4 is 16.3 Å². The monoisotopic (exact) mass is 293 g/mol. The van der Waals surface area contributed by atoms with Gasteiger partial charge < -0.3 is 10.1 Å². The maximum atomic E-state index is 12.0. The minimum absolute atomic E-state index is 0.142. The molecule has 112 valence electrons. The average Bonchev–Trinajstić information content (AvgIpc) is 2.26. The second-order valence-corrected chi connectivity index (χ2v) is 7.33. The topological polar surface area (TPSA) is 87.7 Å². The van der Waals surface area contributed by atoms with E-state index in [1.54, 1.807) is 20.8 Å². The lowest BCUT2D eigenvalue weighted by molar-refractivity contribution is 0.0418. The molecular weight excluding hydrogens is 270 g/mol. The van der Waals surface area contributed by atoms with E-state index < -0.39 is 21.9 Å². The Balaban J connectivity index is 2.62. The molecule has 1 amide bonds. The van der Waals surface area contributed by atoms with Gasteiger partial charge in [0.15, 0.2) is 0 Å². The molecule has 0 aromatic carbocycles. The predicted octanol–water partition coefficient (Wildman–Crippen LogP) is 0.440. The van der Waals surface area contributed by atoms with Gasteiger partial charge in [-0.2, -0.15) is 17.4 Å². The Hall–Kier alpha value is -0.860. The first kappa shape index (κ1) is 16.2. The molecule has 0 unspecified atom stereocenters. The molecule has 0 aromatic rings. The van der Waals surface area contributed by atoms with Crippen molar-refractivity contribution in [3.8, 4) is 0 Å². The van der Waals surface area contributed by atoms with Gasteiger partial charge in [0, 0.05) is 13.1 Å². The van der Waals surface area contributed by atoms with Gasteiger partial charge in [0.1, 0.15) is 5.60 Å². The summed E-state index contributed by atoms with van der Waals surface area (Å²) < 4.78 is 32.2. The lowest BCUT2D eigenvalue weighted by Gasteiger charge is -2.28. The third kappa shape index (κ3) is 5.33. The molecule has 1 fully saturated rings. The third-order valence-electron chi connectivity index (χ3n) is 2.67. The molecule has 1 aliphatic rings. The van der Waals surface area contributed by atoms with E-state index in [2.05, 4.69) is 10.0 Å². The van der Waals surface area contributed by atoms with Crippen LogP contribution in [0.25, 0.3) is 0 Å². The molecule has 7 nitrogen and oxygen atoms in total. The molecule has 0 bridgehead atoms. The molecule has 1 aliphatic heterocycles. The van der Waals surface area contributed by atoms with Gasteiger partial charge in [0.25, 0.3) is 0 Å². The molecule has 8 heteroatoms. The van der Waals surface area contributed by atoms with Crippen molar-refractivity contribution in [3.63, 3.8) is 0 Å². The van der Waals surface area contributed by atoms with Crippen molar-refractivity contribution in [2.45, 2.75) is 45.3 Å². The van der Waals surface area contributed by atoms with E-state index in [0.29, 0.717) is 17.1 Å². The van der Waals surface area contributed by atoms with Crippen molar-refractivity contribution in [1.29, 1.82) is 0 Å². The highest BCUT2D eigenvalue weighted by Gasteiger charge is 2.30. The van der Waals surface area contributed by atoms with Gasteiger partial charge in [-0.3, -0.25) is 0 Å². The summed E-state index contributed by atoms with van der Waals surface area (Å²) in [6, 6.07) is -0.142. The molecule has 2 N–H and O–H groups in total. The van der Waals surface area contributed by atoms with Crippen molar-refractivity contribution in [2.75, 3.05) is 20.1 Å². The molecule has 0 atom stereocenters. The van der Waals surface area contributed by atoms with Crippen LogP contribution < -0.4 is 10.0 Å². The first-order chi connectivity index (χ1) is 8.62. The lowest BCUT2D eigenvalue weighted by Crippen LogP contribution is -2.50. The number of rotatable bonds is 3. The Bertz CT molecular complexity index is 410. The first-order valence-electron chi connectivity index (χ1n) is 6.32. The van der Waals surface area contributed by atoms with Gasteiger partial charge in [0.05, 0.1) is 0 Å². The Morgan fingerprint density at radius 3 is 2.32 bits per heavy atom. The summed E-state index contributed by atoms with van der Waals surface area (Å²) in [5.74, 6) is 0. The lowest BCUT2D eigenvalue weighted by atomic mass is 10.1. The summed E-state index contributed by atoms with van der Waals surface area (Å²) in [6.07, 6.45) is 0.539. The molecule has 0 aromatic heterocycles. The van der Waals surface area contributed by atoms with Crippen molar-refractivity contribution < 1.29 is 17.9 Å². The Morgan fingerprint density at radius 1 is 1.32 bits per heavy atom. The minimum Gasteiger partial charge on any atom is -0.443 e. The molecule has 19 heavy (non-hydrogen) atoms. The number of amides is 1. The summed E-state index contributed by atoms with van der Waals surface area (Å²) in [4.78, 5) is 11.7. The van der Waals surface area contributed by atoms with Crippen LogP contribution in [0.3, 0.4) is 0 Å². The molecule has 0 aliphatic carbocycles. The van der Waals surface area contributed by atoms with Crippen LogP contribution in [-0.2, 0) is 14.9 Å². The second kappa shape index (κ2) is 6.06. The summed E-state index contributed by atoms with van der Waals surface area (Å²) in [7, 11) is -2.66. The van der Waals surface area contributed by atoms with Crippen LogP contribution in [0.2, 0.25) is 0 Å². The van der Waals surface area contributed by atoms with Gasteiger partial charge in [0.2, 0.25) is 0 Å². The Morgan fingerprint density at radius 2 is 1.84 bits per heavy atom. The number of ether oxygens (including phenoxy) is 1. The zero-order valence-electron chi connectivity index (χ0n) is 11.9. The molecule has 0 spiro atoms. The number of hydrogen-bond donors (Lipinski definition) is 2. The van der Waals surface area contributed by atoms with Crippen molar-refractivity contribution in [2.24, 2.45) is 0 Å². The second-order valence-electron chi connectivity index (χ2n) is 5.60. The van der Waals surface area contributed by atoms with Gasteiger partial charge in [-0.05, 0) is 46.7 Å². The van der Waals surface area contributed by atoms with Crippen LogP contribution in [0.15, 0.2) is 0 Å². The van der Waals surface area contributed by atoms with Crippen LogP contribution in [-0.4, -0.2) is 50.6 Å². The molecule has 1 rings (SSSR count). The number of carbonyl (C=O) groups is 1. The summed E-state index contributed by atoms with van der Waals surface area (Å²) >= 11 is 0. The fourth-order valence-electron chi connectivity index (χ4n) is 1.65. The highest BCUT2D eigenvalue weighted by molar-refractivity contribution is 7.87. The highest BCUT2D eigenvalue weighted by Crippen LogP contribution is 2.12. The van der Waals surface area contributed by atoms with E-state index >= 15 is 0 Å². The van der Waals surface area contributed by atoms with Crippen LogP contribution in [0, 0.1) is 0 Å². The average molecular weight is 293 g/mol. The maximum Gasteiger partial charge on any atom is 0.424 e. The largest absolute Gasteiger partial charge is 0.443 e. The molecular formula is C11H23N3O4S. The van der Waals surface area contributed by atoms with Crippen LogP contribution >= 0.6 is 0 Å². The summed E-state index contributed by atoms with van der Waals surface area (Å²) in [5, 5.41) is 3.14. The zero-order chi connectivity index (χ0) is 14.7. The molecule has 1 saturated heterocycles. The fraction of sp³-hybridized carbons (Fsp3) is 0.909. The Kier molecular flexibility index (Phi) is 5.17. The van der Waals surface area contributed by atoms with Gasteiger partial charge in [-0.15, -0.1) is 0 Å². The summed E-state index contributed by atoms with van der Waals surface area (Å²) in [6.45, 7) is 6.59. The van der Waals surface area contributed by atoms with E-state index in [1.165, 1.54) is 7.05 Å². The predicted molar refractivity (Wildman–Crippen MR) is 71.9 cm³/mol. The molecule has 0 saturated carbocycles. The van der Waals surface area contributed by atoms with Crippen molar-refractivity contribution in [3.05, 3.63) is 0 Å². The van der Waals surface area contributed by atoms with E-state index in [1.807, 2.05) is 0 Å². The van der Waals surface area contributed by atoms with Gasteiger partial charge >= 0.3 is 16.3 Å². The number of nitrogens with one attached hydrogen (secondary N) is 2. The number of carbonyl (C=O) groups excluding carboxylic acids is 1. The number of hydrogen-bond acceptors (Lipinski definition) is 5. The third-order valence-corrected chi connectivity index (χ3v) is 4.17. The van der Waals surface area contributed by atoms with Crippen LogP contribution in [0.5, 0.6) is 0 Å². The van der Waals surface area contributed by atoms with Crippen LogP contribution in [0.1, 0.15) is 33.6 Å². The SMILES string of the molecule is CN(C(=O)OC(C)(C)C)S(=O)(=O)NC1CCNCC1. The number of nitrogens with zero attached hydrogens (tertiary/aromatic N) is 1. The first-order valence-corrected chi connectivity index (χ1v) is 7.76. The highest BCUT2D eigenvalue weighted by atomic mass is 32.2. The fourth-order valence-corrected chi connectivity index (χ4v) is 2.70. The van der Waals surface area contributed by atoms with Crippen molar-refractivity contribution in [1.82, 2.24) is 14.3 Å². The number of piperidine rings is 1. The van der Waals surface area contributed by atoms with E-state index in [9.17, 15) is 13.2 Å². The minimum atomic E-state index is -3.85.